The first-order valence-electron chi connectivity index (χ1n) is 7.84. The fourth-order valence-corrected chi connectivity index (χ4v) is 3.14. The molecule has 1 aliphatic carbocycles. The third kappa shape index (κ3) is 5.34. The second-order valence-corrected chi connectivity index (χ2v) is 7.00. The van der Waals surface area contributed by atoms with Crippen LogP contribution in [0.1, 0.15) is 49.4 Å². The van der Waals surface area contributed by atoms with E-state index < -0.39 is 0 Å². The molecule has 0 spiro atoms. The molecular weight excluding hydrogens is 330 g/mol. The Balaban J connectivity index is 1.82. The van der Waals surface area contributed by atoms with Crippen molar-refractivity contribution < 1.29 is 9.53 Å². The van der Waals surface area contributed by atoms with Crippen LogP contribution in [-0.4, -0.2) is 23.9 Å². The fraction of sp³-hybridized carbons (Fsp3) is 0.588. The number of ether oxygens (including phenoxy) is 1. The first-order valence-corrected chi connectivity index (χ1v) is 8.75. The summed E-state index contributed by atoms with van der Waals surface area (Å²) in [4.78, 5) is 12.9. The zero-order valence-electron chi connectivity index (χ0n) is 12.6. The van der Waals surface area contributed by atoms with Crippen molar-refractivity contribution in [2.75, 3.05) is 13.2 Å². The van der Waals surface area contributed by atoms with Gasteiger partial charge in [-0.15, -0.1) is 0 Å². The second-order valence-electron chi connectivity index (χ2n) is 5.70. The maximum absolute atomic E-state index is 12.2. The van der Waals surface area contributed by atoms with Gasteiger partial charge in [-0.1, -0.05) is 28.9 Å². The van der Waals surface area contributed by atoms with Crippen molar-refractivity contribution in [2.24, 2.45) is 5.92 Å². The van der Waals surface area contributed by atoms with Crippen LogP contribution in [0, 0.1) is 5.92 Å². The van der Waals surface area contributed by atoms with Crippen molar-refractivity contribution in [3.05, 3.63) is 29.8 Å². The van der Waals surface area contributed by atoms with Crippen LogP contribution >= 0.6 is 15.9 Å². The van der Waals surface area contributed by atoms with E-state index in [0.29, 0.717) is 22.9 Å². The maximum atomic E-state index is 12.2. The molecule has 4 heteroatoms. The molecule has 116 valence electrons. The predicted octanol–water partition coefficient (Wildman–Crippen LogP) is 4.16. The van der Waals surface area contributed by atoms with Crippen LogP contribution in [0.3, 0.4) is 0 Å². The lowest BCUT2D eigenvalue weighted by atomic mass is 9.89. The topological polar surface area (TPSA) is 38.3 Å². The molecule has 21 heavy (non-hydrogen) atoms. The number of rotatable bonds is 6. The number of nitrogens with one attached hydrogen (secondary N) is 1. The van der Waals surface area contributed by atoms with E-state index in [0.717, 1.165) is 18.7 Å². The van der Waals surface area contributed by atoms with Gasteiger partial charge in [0, 0.05) is 16.9 Å². The standard InChI is InChI=1S/C17H24BrNO2/c1-2-10-21-16-5-3-4-14(11-16)17(20)19-12-13-6-8-15(18)9-7-13/h3-5,11,13,15H,2,6-10,12H2,1H3,(H,19,20). The molecule has 1 amide bonds. The highest BCUT2D eigenvalue weighted by molar-refractivity contribution is 9.09. The van der Waals surface area contributed by atoms with Gasteiger partial charge in [0.1, 0.15) is 5.75 Å². The van der Waals surface area contributed by atoms with Crippen LogP contribution in [0.2, 0.25) is 0 Å². The largest absolute Gasteiger partial charge is 0.494 e. The Kier molecular flexibility index (Phi) is 6.55. The highest BCUT2D eigenvalue weighted by Crippen LogP contribution is 2.28. The third-order valence-electron chi connectivity index (χ3n) is 3.90. The molecule has 1 aromatic rings. The Hall–Kier alpha value is -1.03. The number of alkyl halides is 1. The van der Waals surface area contributed by atoms with E-state index in [1.54, 1.807) is 0 Å². The van der Waals surface area contributed by atoms with Gasteiger partial charge in [0.05, 0.1) is 6.61 Å². The summed E-state index contributed by atoms with van der Waals surface area (Å²) in [6.45, 7) is 3.53. The van der Waals surface area contributed by atoms with Crippen molar-refractivity contribution in [1.82, 2.24) is 5.32 Å². The molecule has 1 N–H and O–H groups in total. The summed E-state index contributed by atoms with van der Waals surface area (Å²) in [6.07, 6.45) is 5.76. The molecule has 1 fully saturated rings. The van der Waals surface area contributed by atoms with Crippen molar-refractivity contribution in [1.29, 1.82) is 0 Å². The number of carbonyl (C=O) groups excluding carboxylic acids is 1. The lowest BCUT2D eigenvalue weighted by Crippen LogP contribution is -2.31. The summed E-state index contributed by atoms with van der Waals surface area (Å²) < 4.78 is 5.57. The Labute approximate surface area is 135 Å². The van der Waals surface area contributed by atoms with Crippen LogP contribution in [0.4, 0.5) is 0 Å². The first-order chi connectivity index (χ1) is 10.2. The highest BCUT2D eigenvalue weighted by atomic mass is 79.9. The van der Waals surface area contributed by atoms with Crippen molar-refractivity contribution in [3.63, 3.8) is 0 Å². The molecule has 0 bridgehead atoms. The monoisotopic (exact) mass is 353 g/mol. The highest BCUT2D eigenvalue weighted by Gasteiger charge is 2.19. The molecule has 0 unspecified atom stereocenters. The van der Waals surface area contributed by atoms with E-state index in [1.165, 1.54) is 25.7 Å². The Bertz CT molecular complexity index is 456. The lowest BCUT2D eigenvalue weighted by Gasteiger charge is -2.25. The molecule has 0 aromatic heterocycles. The minimum absolute atomic E-state index is 0.00193. The molecule has 1 aliphatic rings. The van der Waals surface area contributed by atoms with Crippen molar-refractivity contribution in [2.45, 2.75) is 43.9 Å². The molecule has 0 heterocycles. The normalized spacial score (nSPS) is 21.8. The minimum Gasteiger partial charge on any atom is -0.494 e. The van der Waals surface area contributed by atoms with Gasteiger partial charge in [-0.25, -0.2) is 0 Å². The number of hydrogen-bond acceptors (Lipinski definition) is 2. The summed E-state index contributed by atoms with van der Waals surface area (Å²) in [5.74, 6) is 1.38. The van der Waals surface area contributed by atoms with E-state index in [9.17, 15) is 4.79 Å². The van der Waals surface area contributed by atoms with Crippen molar-refractivity contribution >= 4 is 21.8 Å². The average Bonchev–Trinajstić information content (AvgIpc) is 2.52. The van der Waals surface area contributed by atoms with Gasteiger partial charge < -0.3 is 10.1 Å². The zero-order chi connectivity index (χ0) is 15.1. The van der Waals surface area contributed by atoms with Gasteiger partial charge in [-0.2, -0.15) is 0 Å². The zero-order valence-corrected chi connectivity index (χ0v) is 14.2. The molecule has 2 rings (SSSR count). The Morgan fingerprint density at radius 3 is 2.81 bits per heavy atom. The molecule has 0 aliphatic heterocycles. The van der Waals surface area contributed by atoms with Gasteiger partial charge in [0.15, 0.2) is 0 Å². The summed E-state index contributed by atoms with van der Waals surface area (Å²) >= 11 is 3.66. The lowest BCUT2D eigenvalue weighted by molar-refractivity contribution is 0.0943. The van der Waals surface area contributed by atoms with Gasteiger partial charge in [0.25, 0.3) is 5.91 Å². The third-order valence-corrected chi connectivity index (χ3v) is 4.81. The first kappa shape index (κ1) is 16.3. The number of benzene rings is 1. The van der Waals surface area contributed by atoms with Gasteiger partial charge >= 0.3 is 0 Å². The Morgan fingerprint density at radius 2 is 2.10 bits per heavy atom. The van der Waals surface area contributed by atoms with Crippen molar-refractivity contribution in [3.8, 4) is 5.75 Å². The van der Waals surface area contributed by atoms with Gasteiger partial charge in [-0.3, -0.25) is 4.79 Å². The molecule has 0 saturated heterocycles. The van der Waals surface area contributed by atoms with Gasteiger partial charge in [-0.05, 0) is 56.2 Å². The fourth-order valence-electron chi connectivity index (χ4n) is 2.61. The number of amides is 1. The van der Waals surface area contributed by atoms with Gasteiger partial charge in [0.2, 0.25) is 0 Å². The predicted molar refractivity (Wildman–Crippen MR) is 89.2 cm³/mol. The van der Waals surface area contributed by atoms with E-state index in [4.69, 9.17) is 4.74 Å². The number of hydrogen-bond donors (Lipinski definition) is 1. The summed E-state index contributed by atoms with van der Waals surface area (Å²) in [6, 6.07) is 7.42. The van der Waals surface area contributed by atoms with E-state index in [1.807, 2.05) is 24.3 Å². The number of carbonyl (C=O) groups is 1. The summed E-state index contributed by atoms with van der Waals surface area (Å²) in [5.41, 5.74) is 0.679. The minimum atomic E-state index is -0.00193. The summed E-state index contributed by atoms with van der Waals surface area (Å²) in [5, 5.41) is 3.06. The summed E-state index contributed by atoms with van der Waals surface area (Å²) in [7, 11) is 0. The smallest absolute Gasteiger partial charge is 0.251 e. The second kappa shape index (κ2) is 8.42. The van der Waals surface area contributed by atoms with E-state index >= 15 is 0 Å². The van der Waals surface area contributed by atoms with Crippen LogP contribution in [-0.2, 0) is 0 Å². The van der Waals surface area contributed by atoms with Crippen LogP contribution in [0.15, 0.2) is 24.3 Å². The van der Waals surface area contributed by atoms with Crippen LogP contribution in [0.25, 0.3) is 0 Å². The molecule has 0 radical (unpaired) electrons. The van der Waals surface area contributed by atoms with E-state index in [2.05, 4.69) is 28.2 Å². The molecule has 3 nitrogen and oxygen atoms in total. The molecular formula is C17H24BrNO2. The quantitative estimate of drug-likeness (QED) is 0.779. The SMILES string of the molecule is CCCOc1cccc(C(=O)NCC2CCC(Br)CC2)c1. The maximum Gasteiger partial charge on any atom is 0.251 e. The molecule has 0 atom stereocenters. The van der Waals surface area contributed by atoms with Crippen LogP contribution < -0.4 is 10.1 Å². The van der Waals surface area contributed by atoms with Crippen LogP contribution in [0.5, 0.6) is 5.75 Å². The molecule has 1 aromatic carbocycles. The average molecular weight is 354 g/mol. The number of halogens is 1. The molecule has 1 saturated carbocycles. The van der Waals surface area contributed by atoms with E-state index in [-0.39, 0.29) is 5.91 Å². The Morgan fingerprint density at radius 1 is 1.33 bits per heavy atom.